The van der Waals surface area contributed by atoms with E-state index in [1.807, 2.05) is 49.9 Å². The molecule has 110 valence electrons. The maximum atomic E-state index is 10.8. The van der Waals surface area contributed by atoms with Crippen molar-refractivity contribution >= 4 is 16.9 Å². The van der Waals surface area contributed by atoms with Gasteiger partial charge in [0.05, 0.1) is 12.6 Å². The van der Waals surface area contributed by atoms with Gasteiger partial charge < -0.3 is 20.1 Å². The van der Waals surface area contributed by atoms with Crippen molar-refractivity contribution in [1.29, 1.82) is 0 Å². The van der Waals surface area contributed by atoms with Crippen LogP contribution in [0.5, 0.6) is 5.75 Å². The van der Waals surface area contributed by atoms with Gasteiger partial charge >= 0.3 is 5.97 Å². The van der Waals surface area contributed by atoms with E-state index in [4.69, 9.17) is 15.6 Å². The first-order valence-corrected chi connectivity index (χ1v) is 6.63. The number of carboxylic acid groups (broad SMARTS) is 1. The molecule has 0 aliphatic carbocycles. The predicted octanol–water partition coefficient (Wildman–Crippen LogP) is 2.17. The summed E-state index contributed by atoms with van der Waals surface area (Å²) in [6.07, 6.45) is 2.23. The number of carboxylic acids is 1. The summed E-state index contributed by atoms with van der Waals surface area (Å²) < 4.78 is 7.12. The van der Waals surface area contributed by atoms with Crippen LogP contribution in [0, 0.1) is 0 Å². The summed E-state index contributed by atoms with van der Waals surface area (Å²) in [7, 11) is 3.53. The van der Waals surface area contributed by atoms with Crippen LogP contribution in [-0.2, 0) is 18.3 Å². The van der Waals surface area contributed by atoms with Crippen LogP contribution in [0.3, 0.4) is 0 Å². The lowest BCUT2D eigenvalue weighted by molar-refractivity contribution is -0.138. The Morgan fingerprint density at radius 1 is 1.45 bits per heavy atom. The molecule has 0 saturated heterocycles. The fraction of sp³-hybridized carbons (Fsp3) is 0.400. The number of fused-ring (bicyclic) bond motifs is 1. The lowest BCUT2D eigenvalue weighted by Crippen LogP contribution is -2.32. The average Bonchev–Trinajstić information content (AvgIpc) is 2.77. The van der Waals surface area contributed by atoms with Crippen LogP contribution in [0.4, 0.5) is 0 Å². The highest BCUT2D eigenvalue weighted by Crippen LogP contribution is 2.25. The van der Waals surface area contributed by atoms with Gasteiger partial charge in [-0.05, 0) is 17.7 Å². The summed E-state index contributed by atoms with van der Waals surface area (Å²) in [5.74, 6) is -0.210. The number of nitrogens with two attached hydrogens (primary N) is 1. The highest BCUT2D eigenvalue weighted by atomic mass is 16.5. The minimum absolute atomic E-state index is 0.318. The van der Waals surface area contributed by atoms with Crippen molar-refractivity contribution in [2.45, 2.75) is 26.3 Å². The van der Waals surface area contributed by atoms with Gasteiger partial charge in [0.25, 0.3) is 0 Å². The molecule has 0 spiro atoms. The second kappa shape index (κ2) is 6.96. The quantitative estimate of drug-likeness (QED) is 0.898. The normalized spacial score (nSPS) is 11.7. The molecule has 1 unspecified atom stereocenters. The standard InChI is InChI=1S/C13H16N2O3.C2H6/c1-15-7-8(5-11(14)13(16)17)10-4-3-9(18-2)6-12(10)15;1-2/h3-4,6-7,11H,5,14H2,1-2H3,(H,16,17);1-2H3. The molecule has 0 saturated carbocycles. The Balaban J connectivity index is 0.000000956. The first kappa shape index (κ1) is 16.0. The Morgan fingerprint density at radius 3 is 2.65 bits per heavy atom. The molecule has 0 aliphatic rings. The van der Waals surface area contributed by atoms with E-state index in [0.717, 1.165) is 22.2 Å². The van der Waals surface area contributed by atoms with E-state index in [0.29, 0.717) is 6.42 Å². The Bertz CT molecular complexity index is 590. The lowest BCUT2D eigenvalue weighted by atomic mass is 10.1. The van der Waals surface area contributed by atoms with Crippen molar-refractivity contribution in [3.63, 3.8) is 0 Å². The SMILES string of the molecule is CC.COc1ccc2c(CC(N)C(=O)O)cn(C)c2c1. The maximum Gasteiger partial charge on any atom is 0.320 e. The van der Waals surface area contributed by atoms with Crippen LogP contribution in [0.1, 0.15) is 19.4 Å². The van der Waals surface area contributed by atoms with Crippen molar-refractivity contribution in [1.82, 2.24) is 4.57 Å². The third-order valence-electron chi connectivity index (χ3n) is 3.04. The zero-order valence-corrected chi connectivity index (χ0v) is 12.4. The summed E-state index contributed by atoms with van der Waals surface area (Å²) in [6, 6.07) is 4.83. The van der Waals surface area contributed by atoms with Gasteiger partial charge in [0.1, 0.15) is 11.8 Å². The zero-order valence-electron chi connectivity index (χ0n) is 12.4. The predicted molar refractivity (Wildman–Crippen MR) is 80.1 cm³/mol. The minimum Gasteiger partial charge on any atom is -0.497 e. The molecule has 1 aromatic carbocycles. The molecule has 1 atom stereocenters. The van der Waals surface area contributed by atoms with E-state index in [9.17, 15) is 4.79 Å². The Morgan fingerprint density at radius 2 is 2.10 bits per heavy atom. The van der Waals surface area contributed by atoms with Crippen LogP contribution in [-0.4, -0.2) is 28.8 Å². The van der Waals surface area contributed by atoms with E-state index >= 15 is 0 Å². The minimum atomic E-state index is -0.986. The van der Waals surface area contributed by atoms with Gasteiger partial charge in [-0.1, -0.05) is 13.8 Å². The molecule has 0 fully saturated rings. The monoisotopic (exact) mass is 278 g/mol. The number of nitrogens with zero attached hydrogens (tertiary/aromatic N) is 1. The van der Waals surface area contributed by atoms with E-state index in [-0.39, 0.29) is 0 Å². The number of aromatic nitrogens is 1. The number of aryl methyl sites for hydroxylation is 1. The smallest absolute Gasteiger partial charge is 0.320 e. The molecule has 1 aromatic heterocycles. The van der Waals surface area contributed by atoms with Crippen LogP contribution in [0.15, 0.2) is 24.4 Å². The number of methoxy groups -OCH3 is 1. The summed E-state index contributed by atoms with van der Waals surface area (Å²) in [5, 5.41) is 9.86. The third kappa shape index (κ3) is 3.30. The van der Waals surface area contributed by atoms with Gasteiger partial charge in [0.15, 0.2) is 0 Å². The fourth-order valence-corrected chi connectivity index (χ4v) is 2.06. The number of aliphatic carboxylic acids is 1. The first-order chi connectivity index (χ1) is 9.52. The number of ether oxygens (including phenoxy) is 1. The van der Waals surface area contributed by atoms with Crippen LogP contribution in [0.25, 0.3) is 10.9 Å². The molecule has 0 aliphatic heterocycles. The van der Waals surface area contributed by atoms with E-state index < -0.39 is 12.0 Å². The molecule has 2 aromatic rings. The number of carbonyl (C=O) groups is 1. The van der Waals surface area contributed by atoms with Gasteiger partial charge in [-0.3, -0.25) is 4.79 Å². The summed E-state index contributed by atoms with van der Waals surface area (Å²) in [6.45, 7) is 4.00. The topological polar surface area (TPSA) is 77.5 Å². The van der Waals surface area contributed by atoms with Crippen molar-refractivity contribution in [2.24, 2.45) is 12.8 Å². The fourth-order valence-electron chi connectivity index (χ4n) is 2.06. The second-order valence-electron chi connectivity index (χ2n) is 4.30. The molecule has 20 heavy (non-hydrogen) atoms. The molecule has 0 amide bonds. The highest BCUT2D eigenvalue weighted by Gasteiger charge is 2.16. The Labute approximate surface area is 119 Å². The number of rotatable bonds is 4. The molecule has 3 N–H and O–H groups in total. The van der Waals surface area contributed by atoms with E-state index in [1.165, 1.54) is 0 Å². The van der Waals surface area contributed by atoms with E-state index in [2.05, 4.69) is 0 Å². The largest absolute Gasteiger partial charge is 0.497 e. The number of hydrogen-bond acceptors (Lipinski definition) is 3. The van der Waals surface area contributed by atoms with Crippen LogP contribution < -0.4 is 10.5 Å². The molecule has 2 rings (SSSR count). The molecule has 0 radical (unpaired) electrons. The van der Waals surface area contributed by atoms with Gasteiger partial charge in [-0.25, -0.2) is 0 Å². The molecule has 0 bridgehead atoms. The van der Waals surface area contributed by atoms with Crippen LogP contribution >= 0.6 is 0 Å². The second-order valence-corrected chi connectivity index (χ2v) is 4.30. The molecule has 5 heteroatoms. The van der Waals surface area contributed by atoms with Gasteiger partial charge in [-0.15, -0.1) is 0 Å². The molecule has 1 heterocycles. The molecular formula is C15H22N2O3. The van der Waals surface area contributed by atoms with Crippen molar-refractivity contribution < 1.29 is 14.6 Å². The zero-order chi connectivity index (χ0) is 15.3. The van der Waals surface area contributed by atoms with Gasteiger partial charge in [-0.2, -0.15) is 0 Å². The van der Waals surface area contributed by atoms with E-state index in [1.54, 1.807) is 7.11 Å². The average molecular weight is 278 g/mol. The molecular weight excluding hydrogens is 256 g/mol. The van der Waals surface area contributed by atoms with Crippen molar-refractivity contribution in [2.75, 3.05) is 7.11 Å². The Kier molecular flexibility index (Phi) is 5.58. The summed E-state index contributed by atoms with van der Waals surface area (Å²) in [5.41, 5.74) is 7.51. The van der Waals surface area contributed by atoms with Gasteiger partial charge in [0, 0.05) is 31.1 Å². The first-order valence-electron chi connectivity index (χ1n) is 6.63. The number of benzene rings is 1. The highest BCUT2D eigenvalue weighted by molar-refractivity contribution is 5.86. The third-order valence-corrected chi connectivity index (χ3v) is 3.04. The van der Waals surface area contributed by atoms with Crippen molar-refractivity contribution in [3.05, 3.63) is 30.0 Å². The summed E-state index contributed by atoms with van der Waals surface area (Å²) >= 11 is 0. The van der Waals surface area contributed by atoms with Crippen LogP contribution in [0.2, 0.25) is 0 Å². The number of hydrogen-bond donors (Lipinski definition) is 2. The molecule has 5 nitrogen and oxygen atoms in total. The van der Waals surface area contributed by atoms with Gasteiger partial charge in [0.2, 0.25) is 0 Å². The summed E-state index contributed by atoms with van der Waals surface area (Å²) in [4.78, 5) is 10.8. The van der Waals surface area contributed by atoms with Crippen molar-refractivity contribution in [3.8, 4) is 5.75 Å². The maximum absolute atomic E-state index is 10.8. The lowest BCUT2D eigenvalue weighted by Gasteiger charge is -2.05. The Hall–Kier alpha value is -2.01.